The van der Waals surface area contributed by atoms with E-state index >= 15 is 0 Å². The zero-order valence-electron chi connectivity index (χ0n) is 13.6. The van der Waals surface area contributed by atoms with Gasteiger partial charge in [-0.1, -0.05) is 24.3 Å². The summed E-state index contributed by atoms with van der Waals surface area (Å²) in [5.41, 5.74) is 2.53. The van der Waals surface area contributed by atoms with E-state index in [0.29, 0.717) is 18.1 Å². The second kappa shape index (κ2) is 7.73. The number of hydrogen-bond donors (Lipinski definition) is 2. The number of ether oxygens (including phenoxy) is 2. The first-order valence-electron chi connectivity index (χ1n) is 8.70. The maximum Gasteiger partial charge on any atom is 0.0735 e. The van der Waals surface area contributed by atoms with Crippen molar-refractivity contribution in [1.29, 1.82) is 0 Å². The third-order valence-electron chi connectivity index (χ3n) is 5.21. The van der Waals surface area contributed by atoms with Gasteiger partial charge in [-0.3, -0.25) is 0 Å². The molecule has 0 amide bonds. The van der Waals surface area contributed by atoms with E-state index < -0.39 is 0 Å². The van der Waals surface area contributed by atoms with Crippen molar-refractivity contribution in [2.24, 2.45) is 11.8 Å². The van der Waals surface area contributed by atoms with Gasteiger partial charge < -0.3 is 20.1 Å². The molecule has 4 aliphatic heterocycles. The van der Waals surface area contributed by atoms with Gasteiger partial charge in [-0.25, -0.2) is 0 Å². The second-order valence-electron chi connectivity index (χ2n) is 7.11. The molecule has 0 aliphatic carbocycles. The summed E-state index contributed by atoms with van der Waals surface area (Å²) < 4.78 is 11.3. The second-order valence-corrected chi connectivity index (χ2v) is 7.11. The molecule has 4 fully saturated rings. The topological polar surface area (TPSA) is 42.5 Å². The molecule has 0 bridgehead atoms. The molecule has 4 aliphatic rings. The minimum Gasteiger partial charge on any atom is -0.373 e. The van der Waals surface area contributed by atoms with Crippen LogP contribution in [0.5, 0.6) is 0 Å². The van der Waals surface area contributed by atoms with E-state index in [9.17, 15) is 0 Å². The number of hydrogen-bond acceptors (Lipinski definition) is 4. The van der Waals surface area contributed by atoms with Crippen molar-refractivity contribution in [3.63, 3.8) is 0 Å². The molecule has 4 heterocycles. The molecule has 0 aromatic carbocycles. The fraction of sp³-hybridized carbons (Fsp3) is 0.778. The maximum absolute atomic E-state index is 5.65. The fourth-order valence-electron chi connectivity index (χ4n) is 3.94. The lowest BCUT2D eigenvalue weighted by Gasteiger charge is -2.36. The summed E-state index contributed by atoms with van der Waals surface area (Å²) in [6.07, 6.45) is 5.77. The predicted molar refractivity (Wildman–Crippen MR) is 88.9 cm³/mol. The molecule has 0 aromatic rings. The molecule has 0 radical (unpaired) electrons. The average Bonchev–Trinajstić information content (AvgIpc) is 2.55. The summed E-state index contributed by atoms with van der Waals surface area (Å²) >= 11 is 0. The molecule has 4 saturated heterocycles. The standard InChI is InChI=1S/2C9H15NO/c1-7-4-8-5-10-3-2-9(8)11-6-7;1-7-4-8-2-3-10-5-9(8)11-6-7/h2*8-10H,1-6H2. The first-order valence-corrected chi connectivity index (χ1v) is 8.70. The quantitative estimate of drug-likeness (QED) is 0.671. The largest absolute Gasteiger partial charge is 0.373 e. The van der Waals surface area contributed by atoms with Gasteiger partial charge in [-0.05, 0) is 44.7 Å². The SMILES string of the molecule is C=C1COC2CCNCC2C1.C=C1COC2CNCCC2C1. The van der Waals surface area contributed by atoms with Crippen molar-refractivity contribution >= 4 is 0 Å². The molecule has 0 aromatic heterocycles. The number of fused-ring (bicyclic) bond motifs is 2. The van der Waals surface area contributed by atoms with E-state index in [4.69, 9.17) is 9.47 Å². The zero-order chi connectivity index (χ0) is 15.4. The highest BCUT2D eigenvalue weighted by atomic mass is 16.5. The van der Waals surface area contributed by atoms with E-state index in [-0.39, 0.29) is 0 Å². The lowest BCUT2D eigenvalue weighted by molar-refractivity contribution is -0.0161. The van der Waals surface area contributed by atoms with E-state index in [2.05, 4.69) is 23.8 Å². The van der Waals surface area contributed by atoms with Crippen LogP contribution in [0.25, 0.3) is 0 Å². The Morgan fingerprint density at radius 3 is 2.23 bits per heavy atom. The molecule has 4 heteroatoms. The van der Waals surface area contributed by atoms with Gasteiger partial charge in [-0.2, -0.15) is 0 Å². The highest BCUT2D eigenvalue weighted by molar-refractivity contribution is 5.03. The van der Waals surface area contributed by atoms with E-state index in [0.717, 1.165) is 51.7 Å². The summed E-state index contributed by atoms with van der Waals surface area (Å²) in [5.74, 6) is 1.45. The molecule has 0 spiro atoms. The molecular formula is C18H30N2O2. The van der Waals surface area contributed by atoms with Crippen LogP contribution in [-0.4, -0.2) is 51.6 Å². The molecule has 4 nitrogen and oxygen atoms in total. The highest BCUT2D eigenvalue weighted by Gasteiger charge is 2.30. The number of piperidine rings is 2. The predicted octanol–water partition coefficient (Wildman–Crippen LogP) is 1.88. The van der Waals surface area contributed by atoms with Crippen molar-refractivity contribution in [2.75, 3.05) is 39.4 Å². The Morgan fingerprint density at radius 2 is 1.41 bits per heavy atom. The maximum atomic E-state index is 5.65. The average molecular weight is 306 g/mol. The monoisotopic (exact) mass is 306 g/mol. The Hall–Kier alpha value is -0.680. The van der Waals surface area contributed by atoms with Gasteiger partial charge in [0.15, 0.2) is 0 Å². The zero-order valence-corrected chi connectivity index (χ0v) is 13.6. The highest BCUT2D eigenvalue weighted by Crippen LogP contribution is 2.28. The van der Waals surface area contributed by atoms with E-state index in [1.54, 1.807) is 0 Å². The van der Waals surface area contributed by atoms with E-state index in [1.165, 1.54) is 30.4 Å². The van der Waals surface area contributed by atoms with Crippen molar-refractivity contribution in [3.05, 3.63) is 24.3 Å². The van der Waals surface area contributed by atoms with Gasteiger partial charge in [0.05, 0.1) is 25.4 Å². The molecule has 4 atom stereocenters. The Morgan fingerprint density at radius 1 is 0.773 bits per heavy atom. The smallest absolute Gasteiger partial charge is 0.0735 e. The molecule has 4 unspecified atom stereocenters. The third-order valence-corrected chi connectivity index (χ3v) is 5.21. The van der Waals surface area contributed by atoms with Crippen LogP contribution in [0.4, 0.5) is 0 Å². The molecular weight excluding hydrogens is 276 g/mol. The minimum atomic E-state index is 0.467. The first-order chi connectivity index (χ1) is 10.7. The van der Waals surface area contributed by atoms with Gasteiger partial charge in [0.2, 0.25) is 0 Å². The molecule has 0 saturated carbocycles. The van der Waals surface area contributed by atoms with Crippen molar-refractivity contribution < 1.29 is 9.47 Å². The molecule has 124 valence electrons. The number of rotatable bonds is 0. The van der Waals surface area contributed by atoms with Gasteiger partial charge in [0, 0.05) is 19.0 Å². The summed E-state index contributed by atoms with van der Waals surface area (Å²) in [5, 5.41) is 6.73. The Balaban J connectivity index is 0.000000131. The summed E-state index contributed by atoms with van der Waals surface area (Å²) in [6.45, 7) is 13.9. The molecule has 22 heavy (non-hydrogen) atoms. The van der Waals surface area contributed by atoms with E-state index in [1.807, 2.05) is 0 Å². The van der Waals surface area contributed by atoms with Gasteiger partial charge in [0.25, 0.3) is 0 Å². The molecule has 2 N–H and O–H groups in total. The third kappa shape index (κ3) is 4.19. The van der Waals surface area contributed by atoms with Crippen LogP contribution in [-0.2, 0) is 9.47 Å². The van der Waals surface area contributed by atoms with Crippen LogP contribution in [0, 0.1) is 11.8 Å². The Kier molecular flexibility index (Phi) is 5.69. The summed E-state index contributed by atoms with van der Waals surface area (Å²) in [7, 11) is 0. The first kappa shape index (κ1) is 16.2. The number of nitrogens with one attached hydrogen (secondary N) is 2. The van der Waals surface area contributed by atoms with Crippen LogP contribution in [0.2, 0.25) is 0 Å². The van der Waals surface area contributed by atoms with Gasteiger partial charge in [-0.15, -0.1) is 0 Å². The van der Waals surface area contributed by atoms with Gasteiger partial charge >= 0.3 is 0 Å². The fourth-order valence-corrected chi connectivity index (χ4v) is 3.94. The van der Waals surface area contributed by atoms with Crippen LogP contribution >= 0.6 is 0 Å². The summed E-state index contributed by atoms with van der Waals surface area (Å²) in [4.78, 5) is 0. The van der Waals surface area contributed by atoms with Crippen LogP contribution in [0.1, 0.15) is 25.7 Å². The van der Waals surface area contributed by atoms with Gasteiger partial charge in [0.1, 0.15) is 0 Å². The van der Waals surface area contributed by atoms with Crippen molar-refractivity contribution in [2.45, 2.75) is 37.9 Å². The lowest BCUT2D eigenvalue weighted by Crippen LogP contribution is -2.44. The van der Waals surface area contributed by atoms with Crippen LogP contribution in [0.3, 0.4) is 0 Å². The minimum absolute atomic E-state index is 0.467. The van der Waals surface area contributed by atoms with Crippen molar-refractivity contribution in [1.82, 2.24) is 10.6 Å². The van der Waals surface area contributed by atoms with Crippen LogP contribution in [0.15, 0.2) is 24.3 Å². The Labute approximate surface area is 134 Å². The normalized spacial score (nSPS) is 38.4. The Bertz CT molecular complexity index is 372. The van der Waals surface area contributed by atoms with Crippen LogP contribution < -0.4 is 10.6 Å². The molecule has 4 rings (SSSR count). The lowest BCUT2D eigenvalue weighted by atomic mass is 9.87. The van der Waals surface area contributed by atoms with Crippen molar-refractivity contribution in [3.8, 4) is 0 Å². The summed E-state index contributed by atoms with van der Waals surface area (Å²) in [6, 6.07) is 0.